The summed E-state index contributed by atoms with van der Waals surface area (Å²) in [6, 6.07) is 13.5. The summed E-state index contributed by atoms with van der Waals surface area (Å²) >= 11 is 0. The van der Waals surface area contributed by atoms with Crippen LogP contribution in [0.1, 0.15) is 0 Å². The van der Waals surface area contributed by atoms with Crippen molar-refractivity contribution in [3.63, 3.8) is 0 Å². The van der Waals surface area contributed by atoms with E-state index >= 15 is 0 Å². The van der Waals surface area contributed by atoms with Crippen molar-refractivity contribution in [3.8, 4) is 17.2 Å². The highest BCUT2D eigenvalue weighted by Crippen LogP contribution is 2.27. The van der Waals surface area contributed by atoms with E-state index < -0.39 is 0 Å². The summed E-state index contributed by atoms with van der Waals surface area (Å²) in [6.45, 7) is 0. The van der Waals surface area contributed by atoms with E-state index in [4.69, 9.17) is 9.15 Å². The lowest BCUT2D eigenvalue weighted by atomic mass is 10.2. The fourth-order valence-corrected chi connectivity index (χ4v) is 1.94. The maximum absolute atomic E-state index is 5.74. The van der Waals surface area contributed by atoms with E-state index in [0.29, 0.717) is 5.89 Å². The van der Waals surface area contributed by atoms with Crippen molar-refractivity contribution >= 4 is 16.8 Å². The van der Waals surface area contributed by atoms with Crippen LogP contribution in [0.4, 0.5) is 5.69 Å². The minimum absolute atomic E-state index is 0.617. The molecule has 1 aromatic heterocycles. The standard InChI is InChI=1S/C15H14N2O2/c1-16-11-5-3-10(4-6-11)15-17-13-9-12(18-2)7-8-14(13)19-15/h3-9,16H,1-2H3. The molecule has 4 nitrogen and oxygen atoms in total. The maximum Gasteiger partial charge on any atom is 0.227 e. The van der Waals surface area contributed by atoms with Crippen molar-refractivity contribution in [1.29, 1.82) is 0 Å². The predicted molar refractivity (Wildman–Crippen MR) is 75.5 cm³/mol. The normalized spacial score (nSPS) is 10.6. The van der Waals surface area contributed by atoms with Crippen LogP contribution in [0.15, 0.2) is 46.9 Å². The van der Waals surface area contributed by atoms with Crippen molar-refractivity contribution in [3.05, 3.63) is 42.5 Å². The molecule has 0 saturated carbocycles. The molecule has 3 rings (SSSR count). The highest BCUT2D eigenvalue weighted by Gasteiger charge is 2.08. The molecule has 1 N–H and O–H groups in total. The summed E-state index contributed by atoms with van der Waals surface area (Å²) in [4.78, 5) is 4.48. The fourth-order valence-electron chi connectivity index (χ4n) is 1.94. The number of hydrogen-bond donors (Lipinski definition) is 1. The molecule has 0 unspecified atom stereocenters. The van der Waals surface area contributed by atoms with Crippen molar-refractivity contribution in [2.45, 2.75) is 0 Å². The van der Waals surface area contributed by atoms with E-state index in [2.05, 4.69) is 10.3 Å². The summed E-state index contributed by atoms with van der Waals surface area (Å²) in [7, 11) is 3.53. The number of hydrogen-bond acceptors (Lipinski definition) is 4. The van der Waals surface area contributed by atoms with Gasteiger partial charge in [0.1, 0.15) is 11.3 Å². The average molecular weight is 254 g/mol. The summed E-state index contributed by atoms with van der Waals surface area (Å²) in [6.07, 6.45) is 0. The monoisotopic (exact) mass is 254 g/mol. The molecular weight excluding hydrogens is 240 g/mol. The van der Waals surface area contributed by atoms with Gasteiger partial charge in [-0.3, -0.25) is 0 Å². The second-order valence-corrected chi connectivity index (χ2v) is 4.18. The Bertz CT molecular complexity index is 702. The van der Waals surface area contributed by atoms with Crippen molar-refractivity contribution in [2.75, 3.05) is 19.5 Å². The zero-order valence-electron chi connectivity index (χ0n) is 10.8. The van der Waals surface area contributed by atoms with Gasteiger partial charge in [-0.15, -0.1) is 0 Å². The molecule has 0 fully saturated rings. The second-order valence-electron chi connectivity index (χ2n) is 4.18. The number of methoxy groups -OCH3 is 1. The Kier molecular flexibility index (Phi) is 2.83. The van der Waals surface area contributed by atoms with E-state index in [-0.39, 0.29) is 0 Å². The zero-order valence-corrected chi connectivity index (χ0v) is 10.8. The molecule has 19 heavy (non-hydrogen) atoms. The molecule has 3 aromatic rings. The third-order valence-corrected chi connectivity index (χ3v) is 3.02. The number of fused-ring (bicyclic) bond motifs is 1. The number of rotatable bonds is 3. The number of anilines is 1. The number of nitrogens with one attached hydrogen (secondary N) is 1. The minimum Gasteiger partial charge on any atom is -0.497 e. The van der Waals surface area contributed by atoms with E-state index in [1.165, 1.54) is 0 Å². The lowest BCUT2D eigenvalue weighted by Crippen LogP contribution is -1.86. The minimum atomic E-state index is 0.617. The van der Waals surface area contributed by atoms with Crippen LogP contribution >= 0.6 is 0 Å². The van der Waals surface area contributed by atoms with Gasteiger partial charge >= 0.3 is 0 Å². The molecule has 1 heterocycles. The van der Waals surface area contributed by atoms with Gasteiger partial charge in [0.2, 0.25) is 5.89 Å². The van der Waals surface area contributed by atoms with Crippen LogP contribution in [0.3, 0.4) is 0 Å². The van der Waals surface area contributed by atoms with E-state index in [9.17, 15) is 0 Å². The molecule has 0 aliphatic heterocycles. The Morgan fingerprint density at radius 3 is 2.58 bits per heavy atom. The van der Waals surface area contributed by atoms with Crippen LogP contribution in [-0.2, 0) is 0 Å². The highest BCUT2D eigenvalue weighted by atomic mass is 16.5. The molecule has 0 spiro atoms. The Labute approximate surface area is 111 Å². The molecule has 0 radical (unpaired) electrons. The quantitative estimate of drug-likeness (QED) is 0.776. The Balaban J connectivity index is 2.04. The zero-order chi connectivity index (χ0) is 13.2. The van der Waals surface area contributed by atoms with Crippen LogP contribution in [0.25, 0.3) is 22.6 Å². The Hall–Kier alpha value is -2.49. The van der Waals surface area contributed by atoms with Crippen molar-refractivity contribution in [1.82, 2.24) is 4.98 Å². The summed E-state index contributed by atoms with van der Waals surface area (Å²) in [5.41, 5.74) is 3.57. The summed E-state index contributed by atoms with van der Waals surface area (Å²) in [5, 5.41) is 3.08. The van der Waals surface area contributed by atoms with Gasteiger partial charge in [0.25, 0.3) is 0 Å². The number of oxazole rings is 1. The van der Waals surface area contributed by atoms with Crippen LogP contribution in [0.2, 0.25) is 0 Å². The molecule has 96 valence electrons. The molecule has 0 aliphatic carbocycles. The van der Waals surface area contributed by atoms with Crippen LogP contribution < -0.4 is 10.1 Å². The van der Waals surface area contributed by atoms with Crippen LogP contribution in [-0.4, -0.2) is 19.1 Å². The van der Waals surface area contributed by atoms with Gasteiger partial charge in [0.05, 0.1) is 7.11 Å². The third-order valence-electron chi connectivity index (χ3n) is 3.02. The van der Waals surface area contributed by atoms with Gasteiger partial charge in [-0.2, -0.15) is 0 Å². The molecule has 2 aromatic carbocycles. The first kappa shape index (κ1) is 11.6. The predicted octanol–water partition coefficient (Wildman–Crippen LogP) is 3.55. The number of aromatic nitrogens is 1. The molecule has 0 bridgehead atoms. The lowest BCUT2D eigenvalue weighted by molar-refractivity contribution is 0.415. The molecule has 0 atom stereocenters. The first-order valence-electron chi connectivity index (χ1n) is 6.03. The van der Waals surface area contributed by atoms with Gasteiger partial charge in [-0.25, -0.2) is 4.98 Å². The SMILES string of the molecule is CNc1ccc(-c2nc3cc(OC)ccc3o2)cc1. The highest BCUT2D eigenvalue weighted by molar-refractivity contribution is 5.77. The largest absolute Gasteiger partial charge is 0.497 e. The number of nitrogens with zero attached hydrogens (tertiary/aromatic N) is 1. The summed E-state index contributed by atoms with van der Waals surface area (Å²) < 4.78 is 10.9. The molecular formula is C15H14N2O2. The fraction of sp³-hybridized carbons (Fsp3) is 0.133. The Morgan fingerprint density at radius 1 is 1.11 bits per heavy atom. The van der Waals surface area contributed by atoms with Crippen molar-refractivity contribution < 1.29 is 9.15 Å². The van der Waals surface area contributed by atoms with Crippen LogP contribution in [0, 0.1) is 0 Å². The number of benzene rings is 2. The number of ether oxygens (including phenoxy) is 1. The molecule has 0 saturated heterocycles. The van der Waals surface area contributed by atoms with Crippen molar-refractivity contribution in [2.24, 2.45) is 0 Å². The summed E-state index contributed by atoms with van der Waals surface area (Å²) in [5.74, 6) is 1.39. The van der Waals surface area contributed by atoms with Crippen LogP contribution in [0.5, 0.6) is 5.75 Å². The third kappa shape index (κ3) is 2.12. The smallest absolute Gasteiger partial charge is 0.227 e. The van der Waals surface area contributed by atoms with Gasteiger partial charge in [-0.05, 0) is 36.4 Å². The van der Waals surface area contributed by atoms with Gasteiger partial charge in [-0.1, -0.05) is 0 Å². The first-order valence-corrected chi connectivity index (χ1v) is 6.03. The average Bonchev–Trinajstić information content (AvgIpc) is 2.90. The van der Waals surface area contributed by atoms with E-state index in [1.807, 2.05) is 49.5 Å². The maximum atomic E-state index is 5.74. The first-order chi connectivity index (χ1) is 9.30. The Morgan fingerprint density at radius 2 is 1.89 bits per heavy atom. The van der Waals surface area contributed by atoms with Gasteiger partial charge in [0.15, 0.2) is 5.58 Å². The second kappa shape index (κ2) is 4.65. The molecule has 4 heteroatoms. The van der Waals surface area contributed by atoms with Gasteiger partial charge < -0.3 is 14.5 Å². The van der Waals surface area contributed by atoms with E-state index in [0.717, 1.165) is 28.1 Å². The molecule has 0 aliphatic rings. The van der Waals surface area contributed by atoms with Gasteiger partial charge in [0, 0.05) is 24.4 Å². The van der Waals surface area contributed by atoms with E-state index in [1.54, 1.807) is 7.11 Å². The topological polar surface area (TPSA) is 47.3 Å². The molecule has 0 amide bonds. The lowest BCUT2D eigenvalue weighted by Gasteiger charge is -1.99.